The Balaban J connectivity index is 1.64. The van der Waals surface area contributed by atoms with Crippen LogP contribution in [0.25, 0.3) is 0 Å². The van der Waals surface area contributed by atoms with Gasteiger partial charge < -0.3 is 5.32 Å². The second-order valence-corrected chi connectivity index (χ2v) is 5.84. The number of thiazole rings is 1. The van der Waals surface area contributed by atoms with Gasteiger partial charge in [0.05, 0.1) is 5.69 Å². The summed E-state index contributed by atoms with van der Waals surface area (Å²) in [4.78, 5) is 5.81. The molecule has 3 heteroatoms. The van der Waals surface area contributed by atoms with Gasteiger partial charge >= 0.3 is 0 Å². The zero-order chi connectivity index (χ0) is 11.8. The Morgan fingerprint density at radius 1 is 1.35 bits per heavy atom. The minimum absolute atomic E-state index is 0.663. The third-order valence-corrected chi connectivity index (χ3v) is 4.52. The smallest absolute Gasteiger partial charge is 0.183 e. The van der Waals surface area contributed by atoms with Crippen LogP contribution in [-0.2, 0) is 6.42 Å². The van der Waals surface area contributed by atoms with Crippen LogP contribution in [0, 0.1) is 13.8 Å². The fourth-order valence-electron chi connectivity index (χ4n) is 2.30. The molecule has 3 rings (SSSR count). The molecule has 0 aliphatic heterocycles. The predicted molar refractivity (Wildman–Crippen MR) is 73.0 cm³/mol. The van der Waals surface area contributed by atoms with Gasteiger partial charge in [-0.25, -0.2) is 4.98 Å². The lowest BCUT2D eigenvalue weighted by atomic mass is 9.78. The molecule has 0 saturated carbocycles. The van der Waals surface area contributed by atoms with Gasteiger partial charge in [-0.1, -0.05) is 24.3 Å². The van der Waals surface area contributed by atoms with Crippen molar-refractivity contribution in [3.05, 3.63) is 46.0 Å². The zero-order valence-corrected chi connectivity index (χ0v) is 11.0. The van der Waals surface area contributed by atoms with E-state index in [0.717, 1.165) is 17.4 Å². The largest absolute Gasteiger partial charge is 0.361 e. The van der Waals surface area contributed by atoms with Gasteiger partial charge in [-0.2, -0.15) is 0 Å². The predicted octanol–water partition coefficient (Wildman–Crippen LogP) is 3.51. The van der Waals surface area contributed by atoms with Crippen molar-refractivity contribution in [2.75, 3.05) is 11.9 Å². The standard InChI is InChI=1S/C14H16N2S/c1-9-10(2)17-14(16-9)15-8-12-7-11-5-3-4-6-13(11)12/h3-6,12H,7-8H2,1-2H3,(H,15,16). The summed E-state index contributed by atoms with van der Waals surface area (Å²) in [5, 5.41) is 4.52. The molecule has 1 unspecified atom stereocenters. The molecule has 0 amide bonds. The minimum Gasteiger partial charge on any atom is -0.361 e. The molecule has 17 heavy (non-hydrogen) atoms. The van der Waals surface area contributed by atoms with E-state index in [0.29, 0.717) is 5.92 Å². The van der Waals surface area contributed by atoms with Crippen LogP contribution in [0.4, 0.5) is 5.13 Å². The van der Waals surface area contributed by atoms with Gasteiger partial charge in [-0.3, -0.25) is 0 Å². The monoisotopic (exact) mass is 244 g/mol. The SMILES string of the molecule is Cc1nc(NCC2Cc3ccccc32)sc1C. The molecule has 1 heterocycles. The summed E-state index contributed by atoms with van der Waals surface area (Å²) in [5.41, 5.74) is 4.15. The van der Waals surface area contributed by atoms with Crippen LogP contribution in [0.1, 0.15) is 27.6 Å². The number of hydrogen-bond acceptors (Lipinski definition) is 3. The molecule has 1 atom stereocenters. The Morgan fingerprint density at radius 3 is 2.88 bits per heavy atom. The van der Waals surface area contributed by atoms with Crippen LogP contribution >= 0.6 is 11.3 Å². The number of nitrogens with zero attached hydrogens (tertiary/aromatic N) is 1. The number of fused-ring (bicyclic) bond motifs is 1. The summed E-state index contributed by atoms with van der Waals surface area (Å²) < 4.78 is 0. The van der Waals surface area contributed by atoms with Gasteiger partial charge in [-0.15, -0.1) is 11.3 Å². The third kappa shape index (κ3) is 1.95. The van der Waals surface area contributed by atoms with Crippen LogP contribution < -0.4 is 5.32 Å². The molecule has 2 nitrogen and oxygen atoms in total. The Bertz CT molecular complexity index is 525. The van der Waals surface area contributed by atoms with E-state index >= 15 is 0 Å². The highest BCUT2D eigenvalue weighted by Crippen LogP contribution is 2.35. The van der Waals surface area contributed by atoms with Gasteiger partial charge in [0.2, 0.25) is 0 Å². The van der Waals surface area contributed by atoms with Crippen molar-refractivity contribution in [2.24, 2.45) is 0 Å². The lowest BCUT2D eigenvalue weighted by molar-refractivity contribution is 0.635. The van der Waals surface area contributed by atoms with E-state index in [9.17, 15) is 0 Å². The summed E-state index contributed by atoms with van der Waals surface area (Å²) in [7, 11) is 0. The Labute approximate surface area is 106 Å². The molecule has 1 aliphatic carbocycles. The fraction of sp³-hybridized carbons (Fsp3) is 0.357. The summed E-state index contributed by atoms with van der Waals surface area (Å²) in [6.07, 6.45) is 1.20. The van der Waals surface area contributed by atoms with Crippen molar-refractivity contribution in [3.8, 4) is 0 Å². The zero-order valence-electron chi connectivity index (χ0n) is 10.2. The van der Waals surface area contributed by atoms with E-state index in [1.165, 1.54) is 22.4 Å². The number of benzene rings is 1. The van der Waals surface area contributed by atoms with Crippen LogP contribution in [0.3, 0.4) is 0 Å². The van der Waals surface area contributed by atoms with E-state index < -0.39 is 0 Å². The molecule has 0 fully saturated rings. The summed E-state index contributed by atoms with van der Waals surface area (Å²) in [6.45, 7) is 5.19. The van der Waals surface area contributed by atoms with Gasteiger partial charge in [0.25, 0.3) is 0 Å². The maximum atomic E-state index is 4.50. The van der Waals surface area contributed by atoms with Crippen molar-refractivity contribution in [3.63, 3.8) is 0 Å². The molecule has 1 aromatic carbocycles. The Morgan fingerprint density at radius 2 is 2.18 bits per heavy atom. The number of aryl methyl sites for hydroxylation is 2. The number of anilines is 1. The molecule has 0 saturated heterocycles. The highest BCUT2D eigenvalue weighted by molar-refractivity contribution is 7.15. The normalized spacial score (nSPS) is 17.4. The highest BCUT2D eigenvalue weighted by Gasteiger charge is 2.25. The van der Waals surface area contributed by atoms with E-state index in [-0.39, 0.29) is 0 Å². The number of hydrogen-bond donors (Lipinski definition) is 1. The second kappa shape index (κ2) is 4.15. The summed E-state index contributed by atoms with van der Waals surface area (Å²) in [6, 6.07) is 8.71. The first-order valence-corrected chi connectivity index (χ1v) is 6.81. The van der Waals surface area contributed by atoms with E-state index in [1.807, 2.05) is 0 Å². The van der Waals surface area contributed by atoms with Crippen molar-refractivity contribution < 1.29 is 0 Å². The van der Waals surface area contributed by atoms with Crippen molar-refractivity contribution in [1.82, 2.24) is 4.98 Å². The van der Waals surface area contributed by atoms with E-state index in [4.69, 9.17) is 0 Å². The maximum Gasteiger partial charge on any atom is 0.183 e. The molecule has 1 aromatic heterocycles. The molecule has 88 valence electrons. The topological polar surface area (TPSA) is 24.9 Å². The molecule has 0 radical (unpaired) electrons. The number of aromatic nitrogens is 1. The van der Waals surface area contributed by atoms with E-state index in [1.54, 1.807) is 11.3 Å². The first-order chi connectivity index (χ1) is 8.24. The molecule has 1 aliphatic rings. The summed E-state index contributed by atoms with van der Waals surface area (Å²) >= 11 is 1.75. The molecular formula is C14H16N2S. The van der Waals surface area contributed by atoms with Gasteiger partial charge in [0.1, 0.15) is 0 Å². The molecule has 0 bridgehead atoms. The number of rotatable bonds is 3. The molecule has 2 aromatic rings. The first-order valence-electron chi connectivity index (χ1n) is 6.00. The van der Waals surface area contributed by atoms with Crippen molar-refractivity contribution in [2.45, 2.75) is 26.2 Å². The average Bonchev–Trinajstić information content (AvgIpc) is 2.60. The maximum absolute atomic E-state index is 4.50. The van der Waals surface area contributed by atoms with Crippen molar-refractivity contribution >= 4 is 16.5 Å². The van der Waals surface area contributed by atoms with Gasteiger partial charge in [0.15, 0.2) is 5.13 Å². The van der Waals surface area contributed by atoms with Crippen LogP contribution in [0.2, 0.25) is 0 Å². The van der Waals surface area contributed by atoms with Crippen LogP contribution in [0.5, 0.6) is 0 Å². The second-order valence-electron chi connectivity index (χ2n) is 4.64. The average molecular weight is 244 g/mol. The van der Waals surface area contributed by atoms with Crippen LogP contribution in [0.15, 0.2) is 24.3 Å². The van der Waals surface area contributed by atoms with Crippen LogP contribution in [-0.4, -0.2) is 11.5 Å². The Kier molecular flexibility index (Phi) is 2.63. The first kappa shape index (κ1) is 10.8. The van der Waals surface area contributed by atoms with E-state index in [2.05, 4.69) is 48.4 Å². The number of nitrogens with one attached hydrogen (secondary N) is 1. The fourth-order valence-corrected chi connectivity index (χ4v) is 3.13. The molecule has 1 N–H and O–H groups in total. The molecular weight excluding hydrogens is 228 g/mol. The minimum atomic E-state index is 0.663. The van der Waals surface area contributed by atoms with Crippen molar-refractivity contribution in [1.29, 1.82) is 0 Å². The van der Waals surface area contributed by atoms with Gasteiger partial charge in [0, 0.05) is 17.3 Å². The third-order valence-electron chi connectivity index (χ3n) is 3.49. The highest BCUT2D eigenvalue weighted by atomic mass is 32.1. The lowest BCUT2D eigenvalue weighted by Crippen LogP contribution is -2.24. The Hall–Kier alpha value is -1.35. The summed E-state index contributed by atoms with van der Waals surface area (Å²) in [5.74, 6) is 0.663. The quantitative estimate of drug-likeness (QED) is 0.893. The van der Waals surface area contributed by atoms with Gasteiger partial charge in [-0.05, 0) is 31.4 Å². The molecule has 0 spiro atoms. The lowest BCUT2D eigenvalue weighted by Gasteiger charge is -2.30.